The fourth-order valence-corrected chi connectivity index (χ4v) is 4.42. The molecule has 1 aromatic carbocycles. The van der Waals surface area contributed by atoms with Crippen molar-refractivity contribution >= 4 is 23.3 Å². The molecule has 4 rings (SSSR count). The maximum Gasteiger partial charge on any atom is 0.240 e. The zero-order valence-electron chi connectivity index (χ0n) is 21.1. The van der Waals surface area contributed by atoms with Crippen LogP contribution in [0.5, 0.6) is 0 Å². The van der Waals surface area contributed by atoms with E-state index < -0.39 is 17.4 Å². The number of likely N-dealkylation sites (tertiary alicyclic amines) is 1. The summed E-state index contributed by atoms with van der Waals surface area (Å²) in [6.45, 7) is 2.27. The minimum absolute atomic E-state index is 0. The number of primary amides is 1. The molecular formula is C27H41FN4O4. The third-order valence-electron chi connectivity index (χ3n) is 6.46. The van der Waals surface area contributed by atoms with Gasteiger partial charge in [0, 0.05) is 34.0 Å². The minimum atomic E-state index is -0.727. The summed E-state index contributed by atoms with van der Waals surface area (Å²) in [7, 11) is 1.00. The van der Waals surface area contributed by atoms with Crippen molar-refractivity contribution in [1.82, 2.24) is 10.2 Å². The van der Waals surface area contributed by atoms with E-state index in [1.54, 1.807) is 0 Å². The lowest BCUT2D eigenvalue weighted by molar-refractivity contribution is -0.136. The Morgan fingerprint density at radius 1 is 1.17 bits per heavy atom. The van der Waals surface area contributed by atoms with Crippen LogP contribution < -0.4 is 11.1 Å². The molecule has 1 saturated heterocycles. The normalized spacial score (nSPS) is 21.8. The molecule has 2 amide bonds. The Labute approximate surface area is 214 Å². The van der Waals surface area contributed by atoms with Crippen LogP contribution in [-0.2, 0) is 14.4 Å². The summed E-state index contributed by atoms with van der Waals surface area (Å²) in [5.74, 6) is -0.0326. The lowest BCUT2D eigenvalue weighted by Crippen LogP contribution is -2.49. The molecular weight excluding hydrogens is 463 g/mol. The predicted molar refractivity (Wildman–Crippen MR) is 142 cm³/mol. The molecule has 0 bridgehead atoms. The van der Waals surface area contributed by atoms with Crippen LogP contribution in [0.1, 0.15) is 51.9 Å². The molecule has 5 N–H and O–H groups in total. The van der Waals surface area contributed by atoms with Crippen LogP contribution in [0.25, 0.3) is 0 Å². The van der Waals surface area contributed by atoms with Gasteiger partial charge in [-0.25, -0.2) is 0 Å². The van der Waals surface area contributed by atoms with Crippen molar-refractivity contribution in [3.63, 3.8) is 0 Å². The van der Waals surface area contributed by atoms with Gasteiger partial charge in [0.1, 0.15) is 6.04 Å². The standard InChI is InChI=1S/C17H24N4O3.C9H10.CH4O.FH.H2/c1-12(22)15(18)17(7-3-2-4-8-17)11-20-10-14(23)21-9-5-6-13(21)16(19)24;1-2-4-8(5-3-1)9-6-7-9;1-2;;/h2-4,7,13,18,20H,5-6,8-11H2,1H3,(H2,19,24);1-5,9H,6-7H2;2H,1H3;2*1H/t13-,17?;;;;/m0..../s1. The van der Waals surface area contributed by atoms with Gasteiger partial charge in [-0.05, 0) is 43.6 Å². The van der Waals surface area contributed by atoms with E-state index in [4.69, 9.17) is 16.2 Å². The summed E-state index contributed by atoms with van der Waals surface area (Å²) < 4.78 is 0. The molecule has 1 heterocycles. The monoisotopic (exact) mass is 504 g/mol. The number of rotatable bonds is 8. The first-order chi connectivity index (χ1) is 16.8. The molecule has 8 nitrogen and oxygen atoms in total. The Hall–Kier alpha value is -3.17. The maximum atomic E-state index is 12.3. The molecule has 9 heteroatoms. The van der Waals surface area contributed by atoms with Gasteiger partial charge >= 0.3 is 0 Å². The first-order valence-corrected chi connectivity index (χ1v) is 12.1. The summed E-state index contributed by atoms with van der Waals surface area (Å²) in [5.41, 5.74) is 6.16. The third-order valence-corrected chi connectivity index (χ3v) is 6.46. The van der Waals surface area contributed by atoms with Crippen LogP contribution in [0.4, 0.5) is 4.70 Å². The van der Waals surface area contributed by atoms with Gasteiger partial charge in [-0.1, -0.05) is 54.6 Å². The molecule has 1 unspecified atom stereocenters. The number of hydrogen-bond donors (Lipinski definition) is 4. The minimum Gasteiger partial charge on any atom is -0.400 e. The number of nitrogens with two attached hydrogens (primary N) is 1. The number of hydrogen-bond acceptors (Lipinski definition) is 6. The smallest absolute Gasteiger partial charge is 0.240 e. The average molecular weight is 505 g/mol. The maximum absolute atomic E-state index is 12.3. The molecule has 0 spiro atoms. The van der Waals surface area contributed by atoms with Crippen molar-refractivity contribution in [2.45, 2.75) is 51.0 Å². The number of benzene rings is 1. The molecule has 36 heavy (non-hydrogen) atoms. The van der Waals surface area contributed by atoms with E-state index in [9.17, 15) is 14.4 Å². The number of aliphatic hydroxyl groups excluding tert-OH is 1. The number of Topliss-reactive ketones (excluding diaryl/α,β-unsaturated/α-hetero) is 1. The summed E-state index contributed by atoms with van der Waals surface area (Å²) in [5, 5.41) is 18.1. The highest BCUT2D eigenvalue weighted by atomic mass is 19.0. The highest BCUT2D eigenvalue weighted by Gasteiger charge is 2.36. The van der Waals surface area contributed by atoms with E-state index in [-0.39, 0.29) is 30.1 Å². The molecule has 1 aromatic rings. The molecule has 1 saturated carbocycles. The van der Waals surface area contributed by atoms with Crippen LogP contribution in [0, 0.1) is 10.8 Å². The molecule has 3 aliphatic rings. The lowest BCUT2D eigenvalue weighted by atomic mass is 9.76. The van der Waals surface area contributed by atoms with Gasteiger partial charge in [-0.15, -0.1) is 0 Å². The van der Waals surface area contributed by atoms with Gasteiger partial charge in [0.25, 0.3) is 0 Å². The second-order valence-corrected chi connectivity index (χ2v) is 9.01. The van der Waals surface area contributed by atoms with E-state index in [1.807, 2.05) is 24.3 Å². The van der Waals surface area contributed by atoms with Gasteiger partial charge in [0.15, 0.2) is 5.78 Å². The Morgan fingerprint density at radius 3 is 2.36 bits per heavy atom. The van der Waals surface area contributed by atoms with Gasteiger partial charge in [-0.3, -0.25) is 19.1 Å². The number of amides is 2. The van der Waals surface area contributed by atoms with Crippen LogP contribution in [0.3, 0.4) is 0 Å². The molecule has 2 atom stereocenters. The van der Waals surface area contributed by atoms with Crippen LogP contribution >= 0.6 is 0 Å². The highest BCUT2D eigenvalue weighted by Crippen LogP contribution is 2.39. The topological polar surface area (TPSA) is 137 Å². The van der Waals surface area contributed by atoms with E-state index >= 15 is 0 Å². The number of nitrogens with zero attached hydrogens (tertiary/aromatic N) is 1. The third kappa shape index (κ3) is 8.49. The Bertz CT molecular complexity index is 953. The SMILES string of the molecule is CC(=O)C(=N)C1(CNCC(=O)N2CCC[C@H]2C(N)=O)C=CC=CC1.CO.F.[HH].c1ccc(C2CC2)cc1. The number of carbonyl (C=O) groups excluding carboxylic acids is 3. The van der Waals surface area contributed by atoms with Crippen molar-refractivity contribution in [3.05, 3.63) is 60.2 Å². The first-order valence-electron chi connectivity index (χ1n) is 12.1. The fraction of sp³-hybridized carbons (Fsp3) is 0.481. The highest BCUT2D eigenvalue weighted by molar-refractivity contribution is 6.40. The second-order valence-electron chi connectivity index (χ2n) is 9.01. The summed E-state index contributed by atoms with van der Waals surface area (Å²) >= 11 is 0. The molecule has 2 fully saturated rings. The Kier molecular flexibility index (Phi) is 12.9. The predicted octanol–water partition coefficient (Wildman–Crippen LogP) is 2.73. The largest absolute Gasteiger partial charge is 0.400 e. The molecule has 200 valence electrons. The van der Waals surface area contributed by atoms with Gasteiger partial charge in [-0.2, -0.15) is 0 Å². The zero-order valence-corrected chi connectivity index (χ0v) is 21.1. The van der Waals surface area contributed by atoms with Crippen molar-refractivity contribution in [3.8, 4) is 0 Å². The number of nitrogens with one attached hydrogen (secondary N) is 2. The summed E-state index contributed by atoms with van der Waals surface area (Å²) in [6.07, 6.45) is 12.2. The lowest BCUT2D eigenvalue weighted by Gasteiger charge is -2.31. The molecule has 2 aliphatic carbocycles. The number of allylic oxidation sites excluding steroid dienone is 3. The fourth-order valence-electron chi connectivity index (χ4n) is 4.42. The van der Waals surface area contributed by atoms with Gasteiger partial charge in [0.05, 0.1) is 12.3 Å². The molecule has 1 aliphatic heterocycles. The Morgan fingerprint density at radius 2 is 1.83 bits per heavy atom. The average Bonchev–Trinajstić information content (AvgIpc) is 3.61. The second kappa shape index (κ2) is 15.1. The van der Waals surface area contributed by atoms with Crippen LogP contribution in [0.15, 0.2) is 54.6 Å². The number of halogens is 1. The van der Waals surface area contributed by atoms with E-state index in [1.165, 1.54) is 30.2 Å². The van der Waals surface area contributed by atoms with Crippen molar-refractivity contribution < 1.29 is 25.6 Å². The van der Waals surface area contributed by atoms with E-state index in [2.05, 4.69) is 35.6 Å². The van der Waals surface area contributed by atoms with Gasteiger partial charge in [0.2, 0.25) is 11.8 Å². The van der Waals surface area contributed by atoms with Crippen LogP contribution in [0.2, 0.25) is 0 Å². The van der Waals surface area contributed by atoms with Crippen molar-refractivity contribution in [2.24, 2.45) is 11.1 Å². The Balaban J connectivity index is 0.000000831. The zero-order chi connectivity index (χ0) is 25.8. The quantitative estimate of drug-likeness (QED) is 0.404. The number of ketones is 1. The number of aliphatic hydroxyl groups is 1. The van der Waals surface area contributed by atoms with E-state index in [0.29, 0.717) is 25.9 Å². The van der Waals surface area contributed by atoms with E-state index in [0.717, 1.165) is 19.4 Å². The molecule has 0 aromatic heterocycles. The first kappa shape index (κ1) is 30.9. The molecule has 0 radical (unpaired) electrons. The van der Waals surface area contributed by atoms with Gasteiger partial charge < -0.3 is 26.5 Å². The van der Waals surface area contributed by atoms with Crippen molar-refractivity contribution in [1.29, 1.82) is 5.41 Å². The van der Waals surface area contributed by atoms with Crippen molar-refractivity contribution in [2.75, 3.05) is 26.7 Å². The number of carbonyl (C=O) groups is 3. The summed E-state index contributed by atoms with van der Waals surface area (Å²) in [4.78, 5) is 36.8. The summed E-state index contributed by atoms with van der Waals surface area (Å²) in [6, 6.07) is 10.2. The van der Waals surface area contributed by atoms with Crippen LogP contribution in [-0.4, -0.2) is 66.1 Å².